The van der Waals surface area contributed by atoms with E-state index in [2.05, 4.69) is 10.6 Å². The first-order chi connectivity index (χ1) is 12.1. The van der Waals surface area contributed by atoms with Crippen molar-refractivity contribution in [1.82, 2.24) is 10.6 Å². The molecule has 1 aliphatic rings. The molecule has 1 atom stereocenters. The molecule has 1 aromatic carbocycles. The second kappa shape index (κ2) is 8.02. The third kappa shape index (κ3) is 4.51. The summed E-state index contributed by atoms with van der Waals surface area (Å²) in [7, 11) is 0. The fourth-order valence-corrected chi connectivity index (χ4v) is 3.16. The first kappa shape index (κ1) is 17.3. The van der Waals surface area contributed by atoms with E-state index < -0.39 is 0 Å². The number of rotatable bonds is 7. The van der Waals surface area contributed by atoms with Crippen molar-refractivity contribution in [2.24, 2.45) is 0 Å². The maximum atomic E-state index is 12.1. The molecule has 0 aliphatic carbocycles. The van der Waals surface area contributed by atoms with Crippen LogP contribution in [0.5, 0.6) is 11.5 Å². The van der Waals surface area contributed by atoms with Crippen LogP contribution < -0.4 is 20.1 Å². The largest absolute Gasteiger partial charge is 0.454 e. The Morgan fingerprint density at radius 1 is 1.24 bits per heavy atom. The summed E-state index contributed by atoms with van der Waals surface area (Å²) in [6.45, 7) is 2.63. The van der Waals surface area contributed by atoms with Crippen molar-refractivity contribution in [2.75, 3.05) is 13.3 Å². The van der Waals surface area contributed by atoms with Gasteiger partial charge >= 0.3 is 0 Å². The summed E-state index contributed by atoms with van der Waals surface area (Å²) in [6, 6.07) is 7.30. The van der Waals surface area contributed by atoms with E-state index in [1.54, 1.807) is 11.4 Å². The van der Waals surface area contributed by atoms with E-state index in [4.69, 9.17) is 9.47 Å². The van der Waals surface area contributed by atoms with E-state index in [0.717, 1.165) is 11.3 Å². The van der Waals surface area contributed by atoms with Gasteiger partial charge in [0.05, 0.1) is 6.04 Å². The highest BCUT2D eigenvalue weighted by Gasteiger charge is 2.16. The van der Waals surface area contributed by atoms with Crippen LogP contribution in [-0.2, 0) is 4.79 Å². The van der Waals surface area contributed by atoms with Crippen LogP contribution in [0.3, 0.4) is 0 Å². The molecule has 0 radical (unpaired) electrons. The average molecular weight is 360 g/mol. The summed E-state index contributed by atoms with van der Waals surface area (Å²) in [5.74, 6) is 1.28. The summed E-state index contributed by atoms with van der Waals surface area (Å²) in [5, 5.41) is 9.43. The zero-order chi connectivity index (χ0) is 17.6. The minimum atomic E-state index is -0.123. The van der Waals surface area contributed by atoms with Gasteiger partial charge in [0.2, 0.25) is 12.7 Å². The number of nitrogens with one attached hydrogen (secondary N) is 2. The predicted molar refractivity (Wildman–Crippen MR) is 95.0 cm³/mol. The average Bonchev–Trinajstić information content (AvgIpc) is 3.28. The van der Waals surface area contributed by atoms with Crippen LogP contribution in [0, 0.1) is 0 Å². The lowest BCUT2D eigenvalue weighted by atomic mass is 10.1. The fraction of sp³-hybridized carbons (Fsp3) is 0.333. The monoisotopic (exact) mass is 360 g/mol. The van der Waals surface area contributed by atoms with Gasteiger partial charge in [0.1, 0.15) is 0 Å². The molecular formula is C18H20N2O4S. The lowest BCUT2D eigenvalue weighted by Gasteiger charge is -2.15. The first-order valence-corrected chi connectivity index (χ1v) is 9.07. The van der Waals surface area contributed by atoms with E-state index in [-0.39, 0.29) is 24.6 Å². The third-order valence-electron chi connectivity index (χ3n) is 3.92. The number of hydrogen-bond acceptors (Lipinski definition) is 5. The summed E-state index contributed by atoms with van der Waals surface area (Å²) >= 11 is 1.48. The standard InChI is InChI=1S/C18H20N2O4S/c1-12(13-4-5-15-16(9-13)24-11-23-15)20-17(21)3-2-7-19-18(22)14-6-8-25-10-14/h4-6,8-10,12H,2-3,7,11H2,1H3,(H,19,22)(H,20,21). The molecule has 6 nitrogen and oxygen atoms in total. The molecule has 132 valence electrons. The Balaban J connectivity index is 1.39. The number of ether oxygens (including phenoxy) is 2. The van der Waals surface area contributed by atoms with Crippen LogP contribution in [0.2, 0.25) is 0 Å². The van der Waals surface area contributed by atoms with Gasteiger partial charge < -0.3 is 20.1 Å². The molecule has 2 amide bonds. The highest BCUT2D eigenvalue weighted by Crippen LogP contribution is 2.34. The van der Waals surface area contributed by atoms with Crippen LogP contribution in [0.1, 0.15) is 41.7 Å². The molecule has 0 saturated heterocycles. The smallest absolute Gasteiger partial charge is 0.252 e. The lowest BCUT2D eigenvalue weighted by molar-refractivity contribution is -0.121. The fourth-order valence-electron chi connectivity index (χ4n) is 2.53. The zero-order valence-electron chi connectivity index (χ0n) is 13.9. The van der Waals surface area contributed by atoms with Gasteiger partial charge in [-0.2, -0.15) is 11.3 Å². The van der Waals surface area contributed by atoms with Crippen molar-refractivity contribution in [2.45, 2.75) is 25.8 Å². The molecule has 3 rings (SSSR count). The van der Waals surface area contributed by atoms with E-state index >= 15 is 0 Å². The lowest BCUT2D eigenvalue weighted by Crippen LogP contribution is -2.28. The van der Waals surface area contributed by atoms with Crippen LogP contribution in [-0.4, -0.2) is 25.2 Å². The molecule has 1 unspecified atom stereocenters. The van der Waals surface area contributed by atoms with Gasteiger partial charge in [0.15, 0.2) is 11.5 Å². The quantitative estimate of drug-likeness (QED) is 0.745. The number of carbonyl (C=O) groups excluding carboxylic acids is 2. The summed E-state index contributed by atoms with van der Waals surface area (Å²) < 4.78 is 10.6. The highest BCUT2D eigenvalue weighted by molar-refractivity contribution is 7.08. The number of fused-ring (bicyclic) bond motifs is 1. The van der Waals surface area contributed by atoms with Gasteiger partial charge in [-0.3, -0.25) is 9.59 Å². The molecule has 0 bridgehead atoms. The highest BCUT2D eigenvalue weighted by atomic mass is 32.1. The van der Waals surface area contributed by atoms with E-state index in [9.17, 15) is 9.59 Å². The van der Waals surface area contributed by atoms with E-state index in [0.29, 0.717) is 30.7 Å². The third-order valence-corrected chi connectivity index (χ3v) is 4.61. The molecule has 0 saturated carbocycles. The number of hydrogen-bond donors (Lipinski definition) is 2. The van der Waals surface area contributed by atoms with Gasteiger partial charge in [-0.15, -0.1) is 0 Å². The van der Waals surface area contributed by atoms with Crippen LogP contribution in [0.4, 0.5) is 0 Å². The molecule has 0 spiro atoms. The minimum absolute atomic E-state index is 0.0463. The van der Waals surface area contributed by atoms with Crippen molar-refractivity contribution in [1.29, 1.82) is 0 Å². The molecule has 0 fully saturated rings. The molecule has 2 N–H and O–H groups in total. The van der Waals surface area contributed by atoms with Crippen molar-refractivity contribution in [3.8, 4) is 11.5 Å². The summed E-state index contributed by atoms with van der Waals surface area (Å²) in [6.07, 6.45) is 0.953. The number of carbonyl (C=O) groups is 2. The van der Waals surface area contributed by atoms with Crippen molar-refractivity contribution in [3.05, 3.63) is 46.2 Å². The Bertz CT molecular complexity index is 746. The van der Waals surface area contributed by atoms with Crippen LogP contribution in [0.15, 0.2) is 35.0 Å². The molecular weight excluding hydrogens is 340 g/mol. The maximum Gasteiger partial charge on any atom is 0.252 e. The number of amides is 2. The molecule has 2 heterocycles. The molecule has 25 heavy (non-hydrogen) atoms. The van der Waals surface area contributed by atoms with Gasteiger partial charge in [0, 0.05) is 23.9 Å². The minimum Gasteiger partial charge on any atom is -0.454 e. The zero-order valence-corrected chi connectivity index (χ0v) is 14.7. The van der Waals surface area contributed by atoms with E-state index in [1.165, 1.54) is 11.3 Å². The van der Waals surface area contributed by atoms with Gasteiger partial charge in [-0.05, 0) is 42.5 Å². The Labute approximate surface area is 150 Å². The number of thiophene rings is 1. The topological polar surface area (TPSA) is 76.7 Å². The van der Waals surface area contributed by atoms with Crippen molar-refractivity contribution in [3.63, 3.8) is 0 Å². The van der Waals surface area contributed by atoms with Crippen LogP contribution in [0.25, 0.3) is 0 Å². The SMILES string of the molecule is CC(NC(=O)CCCNC(=O)c1ccsc1)c1ccc2c(c1)OCO2. The molecule has 1 aliphatic heterocycles. The normalized spacial score (nSPS) is 13.3. The Morgan fingerprint density at radius 2 is 2.08 bits per heavy atom. The predicted octanol–water partition coefficient (Wildman–Crippen LogP) is 2.86. The number of benzene rings is 1. The Morgan fingerprint density at radius 3 is 2.88 bits per heavy atom. The van der Waals surface area contributed by atoms with Crippen molar-refractivity contribution < 1.29 is 19.1 Å². The second-order valence-corrected chi connectivity index (χ2v) is 6.55. The summed E-state index contributed by atoms with van der Waals surface area (Å²) in [5.41, 5.74) is 1.62. The molecule has 1 aromatic heterocycles. The Hall–Kier alpha value is -2.54. The summed E-state index contributed by atoms with van der Waals surface area (Å²) in [4.78, 5) is 23.8. The van der Waals surface area contributed by atoms with Gasteiger partial charge in [-0.25, -0.2) is 0 Å². The molecule has 7 heteroatoms. The van der Waals surface area contributed by atoms with Crippen LogP contribution >= 0.6 is 11.3 Å². The maximum absolute atomic E-state index is 12.1. The Kier molecular flexibility index (Phi) is 5.55. The van der Waals surface area contributed by atoms with Crippen molar-refractivity contribution >= 4 is 23.2 Å². The second-order valence-electron chi connectivity index (χ2n) is 5.77. The van der Waals surface area contributed by atoms with E-state index in [1.807, 2.05) is 30.5 Å². The van der Waals surface area contributed by atoms with Gasteiger partial charge in [-0.1, -0.05) is 6.07 Å². The molecule has 2 aromatic rings. The first-order valence-electron chi connectivity index (χ1n) is 8.13. The van der Waals surface area contributed by atoms with Gasteiger partial charge in [0.25, 0.3) is 5.91 Å².